The van der Waals surface area contributed by atoms with Gasteiger partial charge in [0.05, 0.1) is 14.7 Å². The van der Waals surface area contributed by atoms with Gasteiger partial charge in [0.25, 0.3) is 5.69 Å². The quantitative estimate of drug-likeness (QED) is 0.355. The van der Waals surface area contributed by atoms with Crippen molar-refractivity contribution in [2.45, 2.75) is 46.7 Å². The summed E-state index contributed by atoms with van der Waals surface area (Å²) >= 11 is 2.42. The van der Waals surface area contributed by atoms with Gasteiger partial charge in [-0.2, -0.15) is 4.31 Å². The summed E-state index contributed by atoms with van der Waals surface area (Å²) in [5.41, 5.74) is -0.249. The van der Waals surface area contributed by atoms with E-state index >= 15 is 0 Å². The van der Waals surface area contributed by atoms with Gasteiger partial charge in [-0.25, -0.2) is 8.42 Å². The van der Waals surface area contributed by atoms with Crippen LogP contribution in [0.2, 0.25) is 0 Å². The highest BCUT2D eigenvalue weighted by atomic mass is 32.2. The fourth-order valence-corrected chi connectivity index (χ4v) is 6.11. The van der Waals surface area contributed by atoms with Gasteiger partial charge >= 0.3 is 0 Å². The maximum Gasteiger partial charge on any atom is 0.284 e. The number of unbranched alkanes of at least 4 members (excludes halogenated alkanes) is 1. The Morgan fingerprint density at radius 2 is 2.07 bits per heavy atom. The molecule has 1 aliphatic heterocycles. The van der Waals surface area contributed by atoms with Crippen LogP contribution in [-0.4, -0.2) is 47.5 Å². The molecule has 1 aromatic carbocycles. The van der Waals surface area contributed by atoms with Gasteiger partial charge in [-0.3, -0.25) is 10.1 Å². The van der Waals surface area contributed by atoms with Crippen LogP contribution in [0.15, 0.2) is 32.3 Å². The Labute approximate surface area is 171 Å². The molecule has 1 N–H and O–H groups in total. The van der Waals surface area contributed by atoms with Gasteiger partial charge in [-0.15, -0.1) is 10.2 Å². The second-order valence-electron chi connectivity index (χ2n) is 6.25. The lowest BCUT2D eigenvalue weighted by Crippen LogP contribution is -2.27. The lowest BCUT2D eigenvalue weighted by atomic mass is 10.3. The Morgan fingerprint density at radius 3 is 2.75 bits per heavy atom. The molecule has 0 amide bonds. The van der Waals surface area contributed by atoms with Crippen molar-refractivity contribution in [2.75, 3.05) is 25.0 Å². The van der Waals surface area contributed by atoms with E-state index in [9.17, 15) is 18.5 Å². The highest BCUT2D eigenvalue weighted by molar-refractivity contribution is 8.01. The number of nitro groups is 1. The second-order valence-corrected chi connectivity index (χ2v) is 10.5. The number of sulfonamides is 1. The first-order valence-electron chi connectivity index (χ1n) is 8.95. The van der Waals surface area contributed by atoms with Crippen LogP contribution < -0.4 is 5.32 Å². The minimum atomic E-state index is -3.71. The molecule has 3 rings (SSSR count). The third kappa shape index (κ3) is 4.80. The zero-order valence-corrected chi connectivity index (χ0v) is 17.8. The monoisotopic (exact) mass is 443 g/mol. The normalized spacial score (nSPS) is 15.0. The molecule has 1 aromatic heterocycles. The van der Waals surface area contributed by atoms with E-state index in [2.05, 4.69) is 22.4 Å². The summed E-state index contributed by atoms with van der Waals surface area (Å²) in [5.74, 6) is 0. The van der Waals surface area contributed by atoms with Gasteiger partial charge < -0.3 is 5.32 Å². The van der Waals surface area contributed by atoms with Gasteiger partial charge in [0.15, 0.2) is 4.34 Å². The summed E-state index contributed by atoms with van der Waals surface area (Å²) in [4.78, 5) is 11.3. The van der Waals surface area contributed by atoms with Crippen molar-refractivity contribution in [3.05, 3.63) is 28.3 Å². The first kappa shape index (κ1) is 21.0. The lowest BCUT2D eigenvalue weighted by molar-refractivity contribution is -0.388. The largest absolute Gasteiger partial charge is 0.360 e. The van der Waals surface area contributed by atoms with Gasteiger partial charge in [0, 0.05) is 25.7 Å². The molecule has 1 fully saturated rings. The van der Waals surface area contributed by atoms with Crippen molar-refractivity contribution in [1.82, 2.24) is 14.5 Å². The summed E-state index contributed by atoms with van der Waals surface area (Å²) in [5, 5.41) is 23.4. The van der Waals surface area contributed by atoms with Crippen molar-refractivity contribution in [1.29, 1.82) is 0 Å². The first-order chi connectivity index (χ1) is 13.4. The number of aromatic nitrogens is 2. The zero-order valence-electron chi connectivity index (χ0n) is 15.3. The molecule has 0 atom stereocenters. The van der Waals surface area contributed by atoms with E-state index in [1.54, 1.807) is 0 Å². The highest BCUT2D eigenvalue weighted by Gasteiger charge is 2.29. The number of nitrogens with one attached hydrogen (secondary N) is 1. The molecule has 152 valence electrons. The van der Waals surface area contributed by atoms with E-state index in [0.717, 1.165) is 50.1 Å². The molecular weight excluding hydrogens is 422 g/mol. The van der Waals surface area contributed by atoms with Gasteiger partial charge in [0.1, 0.15) is 0 Å². The van der Waals surface area contributed by atoms with E-state index in [1.165, 1.54) is 27.8 Å². The third-order valence-corrected chi connectivity index (χ3v) is 8.13. The predicted octanol–water partition coefficient (Wildman–Crippen LogP) is 3.59. The highest BCUT2D eigenvalue weighted by Crippen LogP contribution is 2.38. The Kier molecular flexibility index (Phi) is 6.86. The molecule has 9 nitrogen and oxygen atoms in total. The number of hydrogen-bond acceptors (Lipinski definition) is 9. The van der Waals surface area contributed by atoms with Crippen molar-refractivity contribution in [3.8, 4) is 0 Å². The van der Waals surface area contributed by atoms with Crippen molar-refractivity contribution in [3.63, 3.8) is 0 Å². The van der Waals surface area contributed by atoms with Crippen LogP contribution in [0.1, 0.15) is 32.6 Å². The average molecular weight is 444 g/mol. The number of hydrogen-bond donors (Lipinski definition) is 1. The van der Waals surface area contributed by atoms with Crippen LogP contribution in [0.4, 0.5) is 10.8 Å². The van der Waals surface area contributed by atoms with Gasteiger partial charge in [0.2, 0.25) is 15.2 Å². The SMILES string of the molecule is CCCCNc1nnc(Sc2ccc(S(=O)(=O)N3CCCC3)cc2[N+](=O)[O-])s1. The summed E-state index contributed by atoms with van der Waals surface area (Å²) in [6, 6.07) is 4.03. The summed E-state index contributed by atoms with van der Waals surface area (Å²) < 4.78 is 27.3. The topological polar surface area (TPSA) is 118 Å². The van der Waals surface area contributed by atoms with E-state index < -0.39 is 14.9 Å². The van der Waals surface area contributed by atoms with Gasteiger partial charge in [-0.1, -0.05) is 24.7 Å². The zero-order chi connectivity index (χ0) is 20.1. The molecule has 0 unspecified atom stereocenters. The molecule has 28 heavy (non-hydrogen) atoms. The maximum atomic E-state index is 12.7. The number of anilines is 1. The molecule has 1 aliphatic rings. The molecule has 0 saturated carbocycles. The van der Waals surface area contributed by atoms with E-state index in [1.807, 2.05) is 0 Å². The van der Waals surface area contributed by atoms with Crippen LogP contribution in [0.5, 0.6) is 0 Å². The molecule has 0 aliphatic carbocycles. The summed E-state index contributed by atoms with van der Waals surface area (Å²) in [7, 11) is -3.71. The number of nitrogens with zero attached hydrogens (tertiary/aromatic N) is 4. The smallest absolute Gasteiger partial charge is 0.284 e. The van der Waals surface area contributed by atoms with Crippen LogP contribution in [0.3, 0.4) is 0 Å². The van der Waals surface area contributed by atoms with Crippen molar-refractivity contribution in [2.24, 2.45) is 0 Å². The Morgan fingerprint density at radius 1 is 1.32 bits per heavy atom. The summed E-state index contributed by atoms with van der Waals surface area (Å²) in [6.07, 6.45) is 3.69. The first-order valence-corrected chi connectivity index (χ1v) is 12.0. The minimum absolute atomic E-state index is 0.0513. The molecule has 1 saturated heterocycles. The number of rotatable bonds is 9. The number of nitro benzene ring substituents is 1. The Balaban J connectivity index is 1.81. The fourth-order valence-electron chi connectivity index (χ4n) is 2.75. The second kappa shape index (κ2) is 9.16. The van der Waals surface area contributed by atoms with Crippen molar-refractivity contribution < 1.29 is 13.3 Å². The lowest BCUT2D eigenvalue weighted by Gasteiger charge is -2.15. The summed E-state index contributed by atoms with van der Waals surface area (Å²) in [6.45, 7) is 3.78. The van der Waals surface area contributed by atoms with E-state index in [0.29, 0.717) is 27.5 Å². The molecular formula is C16H21N5O4S3. The van der Waals surface area contributed by atoms with E-state index in [-0.39, 0.29) is 10.6 Å². The Hall–Kier alpha value is -1.76. The average Bonchev–Trinajstić information content (AvgIpc) is 3.34. The number of benzene rings is 1. The van der Waals surface area contributed by atoms with Crippen LogP contribution in [0, 0.1) is 10.1 Å². The Bertz CT molecular complexity index is 942. The predicted molar refractivity (Wildman–Crippen MR) is 109 cm³/mol. The molecule has 0 radical (unpaired) electrons. The molecule has 0 spiro atoms. The molecule has 12 heteroatoms. The van der Waals surface area contributed by atoms with Crippen molar-refractivity contribution >= 4 is 43.9 Å². The van der Waals surface area contributed by atoms with E-state index in [4.69, 9.17) is 0 Å². The molecule has 2 heterocycles. The van der Waals surface area contributed by atoms with Gasteiger partial charge in [-0.05, 0) is 43.2 Å². The minimum Gasteiger partial charge on any atom is -0.360 e. The fraction of sp³-hybridized carbons (Fsp3) is 0.500. The molecule has 2 aromatic rings. The van der Waals surface area contributed by atoms with Crippen LogP contribution in [0.25, 0.3) is 0 Å². The third-order valence-electron chi connectivity index (χ3n) is 4.24. The maximum absolute atomic E-state index is 12.7. The molecule has 0 bridgehead atoms. The van der Waals surface area contributed by atoms with Crippen LogP contribution in [-0.2, 0) is 10.0 Å². The van der Waals surface area contributed by atoms with Crippen LogP contribution >= 0.6 is 23.1 Å². The standard InChI is InChI=1S/C16H21N5O4S3/c1-2-3-8-17-15-18-19-16(27-15)26-14-7-6-12(11-13(14)21(22)23)28(24,25)20-9-4-5-10-20/h6-7,11H,2-5,8-10H2,1H3,(H,17,18).